The molecule has 0 unspecified atom stereocenters. The summed E-state index contributed by atoms with van der Waals surface area (Å²) in [6.07, 6.45) is 0.153. The van der Waals surface area contributed by atoms with Crippen LogP contribution < -0.4 is 14.4 Å². The largest absolute Gasteiger partial charge is 0.486 e. The minimum atomic E-state index is -0.548. The number of para-hydroxylation sites is 1. The maximum absolute atomic E-state index is 13.5. The van der Waals surface area contributed by atoms with E-state index in [1.165, 1.54) is 6.07 Å². The quantitative estimate of drug-likeness (QED) is 0.880. The number of aliphatic hydroxyl groups is 1. The van der Waals surface area contributed by atoms with Crippen molar-refractivity contribution in [2.45, 2.75) is 18.6 Å². The first-order valence-electron chi connectivity index (χ1n) is 9.55. The Labute approximate surface area is 157 Å². The second kappa shape index (κ2) is 6.69. The Balaban J connectivity index is 1.29. The Morgan fingerprint density at radius 3 is 2.67 bits per heavy atom. The molecule has 0 amide bonds. The summed E-state index contributed by atoms with van der Waals surface area (Å²) < 4.78 is 25.1. The minimum absolute atomic E-state index is 0.0215. The van der Waals surface area contributed by atoms with Crippen LogP contribution in [0.25, 0.3) is 0 Å². The number of hydrogen-bond donors (Lipinski definition) is 1. The molecule has 1 aliphatic carbocycles. The van der Waals surface area contributed by atoms with E-state index in [2.05, 4.69) is 15.9 Å². The van der Waals surface area contributed by atoms with Gasteiger partial charge < -0.3 is 19.5 Å². The van der Waals surface area contributed by atoms with Crippen LogP contribution in [0.2, 0.25) is 0 Å². The van der Waals surface area contributed by atoms with E-state index < -0.39 is 6.10 Å². The highest BCUT2D eigenvalue weighted by molar-refractivity contribution is 5.65. The Kier molecular flexibility index (Phi) is 4.17. The summed E-state index contributed by atoms with van der Waals surface area (Å²) in [7, 11) is 0. The lowest BCUT2D eigenvalue weighted by atomic mass is 10.1. The van der Waals surface area contributed by atoms with Crippen molar-refractivity contribution in [1.29, 1.82) is 0 Å². The molecule has 2 atom stereocenters. The van der Waals surface area contributed by atoms with Crippen molar-refractivity contribution in [1.82, 2.24) is 4.90 Å². The lowest BCUT2D eigenvalue weighted by molar-refractivity contribution is 0.0571. The van der Waals surface area contributed by atoms with Crippen molar-refractivity contribution in [2.75, 3.05) is 44.3 Å². The highest BCUT2D eigenvalue weighted by atomic mass is 19.1. The number of ether oxygens (including phenoxy) is 2. The molecule has 0 bridgehead atoms. The molecule has 0 radical (unpaired) electrons. The van der Waals surface area contributed by atoms with Crippen LogP contribution in [0.5, 0.6) is 11.5 Å². The topological polar surface area (TPSA) is 45.2 Å². The van der Waals surface area contributed by atoms with Crippen molar-refractivity contribution in [3.8, 4) is 11.5 Å². The van der Waals surface area contributed by atoms with Crippen molar-refractivity contribution in [2.24, 2.45) is 0 Å². The summed E-state index contributed by atoms with van der Waals surface area (Å²) in [5.41, 5.74) is 2.87. The SMILES string of the molecule is O[C@H]1c2ccc(F)cc2C[C@H]1N1CCN(c2cccc3c2OCCO3)CC1. The van der Waals surface area contributed by atoms with Crippen LogP contribution in [-0.2, 0) is 6.42 Å². The van der Waals surface area contributed by atoms with Crippen molar-refractivity contribution in [3.05, 3.63) is 53.3 Å². The van der Waals surface area contributed by atoms with E-state index in [0.717, 1.165) is 54.5 Å². The predicted molar refractivity (Wildman–Crippen MR) is 100 cm³/mol. The average Bonchev–Trinajstić information content (AvgIpc) is 3.03. The first-order valence-corrected chi connectivity index (χ1v) is 9.55. The van der Waals surface area contributed by atoms with Gasteiger partial charge in [0.05, 0.1) is 11.8 Å². The summed E-state index contributed by atoms with van der Waals surface area (Å²) >= 11 is 0. The van der Waals surface area contributed by atoms with E-state index in [-0.39, 0.29) is 11.9 Å². The zero-order valence-electron chi connectivity index (χ0n) is 15.1. The van der Waals surface area contributed by atoms with Gasteiger partial charge in [0.25, 0.3) is 0 Å². The standard InChI is InChI=1S/C21H23FN2O3/c22-15-4-5-16-14(12-15)13-18(20(16)25)24-8-6-23(7-9-24)17-2-1-3-19-21(17)27-11-10-26-19/h1-5,12,18,20,25H,6-11,13H2/t18-,20+/m1/s1. The molecule has 2 heterocycles. The molecule has 27 heavy (non-hydrogen) atoms. The summed E-state index contributed by atoms with van der Waals surface area (Å²) in [6.45, 7) is 4.57. The fourth-order valence-corrected chi connectivity index (χ4v) is 4.51. The third kappa shape index (κ3) is 2.93. The monoisotopic (exact) mass is 370 g/mol. The minimum Gasteiger partial charge on any atom is -0.486 e. The van der Waals surface area contributed by atoms with Crippen molar-refractivity contribution in [3.63, 3.8) is 0 Å². The van der Waals surface area contributed by atoms with Crippen LogP contribution in [0.3, 0.4) is 0 Å². The molecule has 142 valence electrons. The third-order valence-corrected chi connectivity index (χ3v) is 5.89. The highest BCUT2D eigenvalue weighted by Gasteiger charge is 2.37. The van der Waals surface area contributed by atoms with Crippen LogP contribution in [-0.4, -0.2) is 55.4 Å². The molecule has 0 saturated carbocycles. The van der Waals surface area contributed by atoms with E-state index in [1.54, 1.807) is 12.1 Å². The number of fused-ring (bicyclic) bond motifs is 2. The zero-order chi connectivity index (χ0) is 18.4. The molecule has 6 heteroatoms. The summed E-state index contributed by atoms with van der Waals surface area (Å²) in [6, 6.07) is 10.8. The van der Waals surface area contributed by atoms with Crippen molar-refractivity contribution < 1.29 is 19.0 Å². The summed E-state index contributed by atoms with van der Waals surface area (Å²) in [5, 5.41) is 10.7. The van der Waals surface area contributed by atoms with Crippen molar-refractivity contribution >= 4 is 5.69 Å². The third-order valence-electron chi connectivity index (χ3n) is 5.89. The Bertz CT molecular complexity index is 851. The summed E-state index contributed by atoms with van der Waals surface area (Å²) in [4.78, 5) is 4.64. The number of benzene rings is 2. The summed E-state index contributed by atoms with van der Waals surface area (Å²) in [5.74, 6) is 1.41. The second-order valence-corrected chi connectivity index (χ2v) is 7.38. The van der Waals surface area contributed by atoms with Crippen LogP contribution >= 0.6 is 0 Å². The Hall–Kier alpha value is -2.31. The molecule has 3 aliphatic rings. The zero-order valence-corrected chi connectivity index (χ0v) is 15.1. The molecular formula is C21H23FN2O3. The van der Waals surface area contributed by atoms with Gasteiger partial charge in [-0.25, -0.2) is 4.39 Å². The van der Waals surface area contributed by atoms with E-state index in [1.807, 2.05) is 12.1 Å². The normalized spacial score (nSPS) is 24.7. The molecular weight excluding hydrogens is 347 g/mol. The molecule has 1 saturated heterocycles. The van der Waals surface area contributed by atoms with E-state index >= 15 is 0 Å². The number of anilines is 1. The van der Waals surface area contributed by atoms with Gasteiger partial charge in [-0.3, -0.25) is 4.90 Å². The van der Waals surface area contributed by atoms with Crippen LogP contribution in [0, 0.1) is 5.82 Å². The molecule has 0 spiro atoms. The number of halogens is 1. The van der Waals surface area contributed by atoms with Crippen LogP contribution in [0.4, 0.5) is 10.1 Å². The molecule has 2 aromatic carbocycles. The first-order chi connectivity index (χ1) is 13.2. The molecule has 0 aromatic heterocycles. The fraction of sp³-hybridized carbons (Fsp3) is 0.429. The van der Waals surface area contributed by atoms with Crippen LogP contribution in [0.1, 0.15) is 17.2 Å². The van der Waals surface area contributed by atoms with Gasteiger partial charge >= 0.3 is 0 Å². The molecule has 1 fully saturated rings. The van der Waals surface area contributed by atoms with E-state index in [9.17, 15) is 9.50 Å². The smallest absolute Gasteiger partial charge is 0.184 e. The number of hydrogen-bond acceptors (Lipinski definition) is 5. The van der Waals surface area contributed by atoms with E-state index in [4.69, 9.17) is 9.47 Å². The molecule has 1 N–H and O–H groups in total. The maximum Gasteiger partial charge on any atom is 0.184 e. The number of nitrogens with zero attached hydrogens (tertiary/aromatic N) is 2. The van der Waals surface area contributed by atoms with Gasteiger partial charge in [-0.1, -0.05) is 12.1 Å². The Morgan fingerprint density at radius 1 is 1.00 bits per heavy atom. The van der Waals surface area contributed by atoms with Gasteiger partial charge in [-0.05, 0) is 41.8 Å². The van der Waals surface area contributed by atoms with Gasteiger partial charge in [-0.2, -0.15) is 0 Å². The lowest BCUT2D eigenvalue weighted by Gasteiger charge is -2.40. The maximum atomic E-state index is 13.5. The lowest BCUT2D eigenvalue weighted by Crippen LogP contribution is -2.51. The number of rotatable bonds is 2. The van der Waals surface area contributed by atoms with Gasteiger partial charge in [0.15, 0.2) is 11.5 Å². The van der Waals surface area contributed by atoms with Gasteiger partial charge in [0.2, 0.25) is 0 Å². The number of piperazine rings is 1. The first kappa shape index (κ1) is 16.8. The molecule has 2 aromatic rings. The predicted octanol–water partition coefficient (Wildman–Crippen LogP) is 2.38. The molecule has 2 aliphatic heterocycles. The number of aliphatic hydroxyl groups excluding tert-OH is 1. The molecule has 5 nitrogen and oxygen atoms in total. The van der Waals surface area contributed by atoms with E-state index in [0.29, 0.717) is 19.6 Å². The highest BCUT2D eigenvalue weighted by Crippen LogP contribution is 2.40. The fourth-order valence-electron chi connectivity index (χ4n) is 4.51. The van der Waals surface area contributed by atoms with Gasteiger partial charge in [0.1, 0.15) is 19.0 Å². The second-order valence-electron chi connectivity index (χ2n) is 7.38. The molecule has 5 rings (SSSR count). The van der Waals surface area contributed by atoms with Gasteiger partial charge in [0, 0.05) is 32.2 Å². The van der Waals surface area contributed by atoms with Crippen LogP contribution in [0.15, 0.2) is 36.4 Å². The average molecular weight is 370 g/mol. The van der Waals surface area contributed by atoms with Gasteiger partial charge in [-0.15, -0.1) is 0 Å². The Morgan fingerprint density at radius 2 is 1.81 bits per heavy atom.